The van der Waals surface area contributed by atoms with Gasteiger partial charge in [-0.1, -0.05) is 0 Å². The van der Waals surface area contributed by atoms with Crippen molar-refractivity contribution in [3.63, 3.8) is 0 Å². The van der Waals surface area contributed by atoms with Crippen molar-refractivity contribution < 1.29 is 22.6 Å². The Morgan fingerprint density at radius 1 is 1.16 bits per heavy atom. The molecule has 10 heteroatoms. The fraction of sp³-hybridized carbons (Fsp3) is 0.200. The first-order chi connectivity index (χ1) is 11.8. The minimum atomic E-state index is -4.70. The van der Waals surface area contributed by atoms with E-state index in [0.717, 1.165) is 19.5 Å². The molecular formula is C15H10BrF3IN3O2. The van der Waals surface area contributed by atoms with Crippen molar-refractivity contribution in [1.82, 2.24) is 14.5 Å². The molecule has 0 amide bonds. The van der Waals surface area contributed by atoms with Gasteiger partial charge in [0.05, 0.1) is 6.54 Å². The van der Waals surface area contributed by atoms with Crippen LogP contribution in [0.15, 0.2) is 41.0 Å². The predicted molar refractivity (Wildman–Crippen MR) is 96.6 cm³/mol. The van der Waals surface area contributed by atoms with Crippen LogP contribution in [0.25, 0.3) is 11.2 Å². The summed E-state index contributed by atoms with van der Waals surface area (Å²) in [6.07, 6.45) is -3.01. The van der Waals surface area contributed by atoms with E-state index in [0.29, 0.717) is 18.9 Å². The first-order valence-electron chi connectivity index (χ1n) is 6.98. The summed E-state index contributed by atoms with van der Waals surface area (Å²) >= 11 is 5.47. The fourth-order valence-electron chi connectivity index (χ4n) is 2.15. The zero-order chi connectivity index (χ0) is 18.0. The molecule has 0 saturated heterocycles. The number of benzene rings is 1. The molecule has 25 heavy (non-hydrogen) atoms. The number of pyridine rings is 1. The van der Waals surface area contributed by atoms with Gasteiger partial charge in [0, 0.05) is 33.3 Å². The summed E-state index contributed by atoms with van der Waals surface area (Å²) in [5.74, 6) is 0.162. The quantitative estimate of drug-likeness (QED) is 0.448. The second-order valence-electron chi connectivity index (χ2n) is 4.90. The number of aromatic nitrogens is 3. The van der Waals surface area contributed by atoms with Gasteiger partial charge in [0.15, 0.2) is 9.48 Å². The Bertz CT molecular complexity index is 884. The Balaban J connectivity index is 1.62. The molecule has 2 heterocycles. The molecule has 0 radical (unpaired) electrons. The third kappa shape index (κ3) is 4.75. The second-order valence-corrected chi connectivity index (χ2v) is 6.78. The maximum Gasteiger partial charge on any atom is 0.573 e. The lowest BCUT2D eigenvalue weighted by Gasteiger charge is -2.11. The third-order valence-electron chi connectivity index (χ3n) is 3.15. The SMILES string of the molecule is FC(F)(F)Oc1ccc(OCCn2c(I)nc3cc(Br)cnc32)cc1. The lowest BCUT2D eigenvalue weighted by Crippen LogP contribution is -2.17. The number of hydrogen-bond donors (Lipinski definition) is 0. The Hall–Kier alpha value is -1.56. The highest BCUT2D eigenvalue weighted by atomic mass is 127. The minimum absolute atomic E-state index is 0.287. The van der Waals surface area contributed by atoms with Gasteiger partial charge < -0.3 is 14.0 Å². The molecule has 0 aliphatic heterocycles. The van der Waals surface area contributed by atoms with Gasteiger partial charge in [-0.25, -0.2) is 9.97 Å². The summed E-state index contributed by atoms with van der Waals surface area (Å²) < 4.78 is 49.3. The number of rotatable bonds is 5. The van der Waals surface area contributed by atoms with Gasteiger partial charge in [-0.05, 0) is 46.3 Å². The van der Waals surface area contributed by atoms with Crippen molar-refractivity contribution >= 4 is 49.7 Å². The topological polar surface area (TPSA) is 49.2 Å². The van der Waals surface area contributed by atoms with Crippen LogP contribution in [0.3, 0.4) is 0 Å². The van der Waals surface area contributed by atoms with Gasteiger partial charge in [0.25, 0.3) is 0 Å². The van der Waals surface area contributed by atoms with Crippen LogP contribution >= 0.6 is 38.5 Å². The smallest absolute Gasteiger partial charge is 0.492 e. The Kier molecular flexibility index (Phi) is 5.37. The number of fused-ring (bicyclic) bond motifs is 1. The van der Waals surface area contributed by atoms with Gasteiger partial charge in [0.2, 0.25) is 0 Å². The van der Waals surface area contributed by atoms with E-state index in [1.165, 1.54) is 24.3 Å². The molecule has 2 aromatic heterocycles. The van der Waals surface area contributed by atoms with E-state index >= 15 is 0 Å². The van der Waals surface area contributed by atoms with E-state index in [1.54, 1.807) is 6.20 Å². The molecule has 5 nitrogen and oxygen atoms in total. The van der Waals surface area contributed by atoms with Crippen LogP contribution in [0.1, 0.15) is 0 Å². The van der Waals surface area contributed by atoms with Crippen molar-refractivity contribution in [3.8, 4) is 11.5 Å². The summed E-state index contributed by atoms with van der Waals surface area (Å²) in [5, 5.41) is 0. The highest BCUT2D eigenvalue weighted by Crippen LogP contribution is 2.25. The molecule has 0 fully saturated rings. The van der Waals surface area contributed by atoms with Crippen LogP contribution in [0.4, 0.5) is 13.2 Å². The van der Waals surface area contributed by atoms with Crippen LogP contribution in [0.5, 0.6) is 11.5 Å². The molecule has 0 spiro atoms. The Morgan fingerprint density at radius 3 is 2.52 bits per heavy atom. The van der Waals surface area contributed by atoms with Crippen molar-refractivity contribution in [2.24, 2.45) is 0 Å². The number of nitrogens with zero attached hydrogens (tertiary/aromatic N) is 3. The highest BCUT2D eigenvalue weighted by molar-refractivity contribution is 14.1. The number of ether oxygens (including phenoxy) is 2. The summed E-state index contributed by atoms with van der Waals surface area (Å²) in [4.78, 5) is 8.77. The molecular weight excluding hydrogens is 518 g/mol. The van der Waals surface area contributed by atoms with Crippen molar-refractivity contribution in [1.29, 1.82) is 0 Å². The molecule has 0 bridgehead atoms. The molecule has 132 valence electrons. The fourth-order valence-corrected chi connectivity index (χ4v) is 3.20. The number of imidazole rings is 1. The highest BCUT2D eigenvalue weighted by Gasteiger charge is 2.30. The summed E-state index contributed by atoms with van der Waals surface area (Å²) in [6.45, 7) is 0.822. The van der Waals surface area contributed by atoms with Gasteiger partial charge in [-0.2, -0.15) is 0 Å². The second kappa shape index (κ2) is 7.36. The van der Waals surface area contributed by atoms with E-state index in [9.17, 15) is 13.2 Å². The zero-order valence-electron chi connectivity index (χ0n) is 12.4. The average molecular weight is 528 g/mol. The molecule has 0 unspecified atom stereocenters. The van der Waals surface area contributed by atoms with Crippen LogP contribution in [-0.4, -0.2) is 27.5 Å². The van der Waals surface area contributed by atoms with E-state index < -0.39 is 6.36 Å². The maximum atomic E-state index is 12.1. The van der Waals surface area contributed by atoms with Crippen LogP contribution in [0, 0.1) is 3.83 Å². The minimum Gasteiger partial charge on any atom is -0.492 e. The third-order valence-corrected chi connectivity index (χ3v) is 4.40. The summed E-state index contributed by atoms with van der Waals surface area (Å²) in [6, 6.07) is 7.14. The zero-order valence-corrected chi connectivity index (χ0v) is 16.2. The largest absolute Gasteiger partial charge is 0.573 e. The lowest BCUT2D eigenvalue weighted by molar-refractivity contribution is -0.274. The van der Waals surface area contributed by atoms with Crippen LogP contribution in [0.2, 0.25) is 0 Å². The van der Waals surface area contributed by atoms with Crippen molar-refractivity contribution in [2.45, 2.75) is 12.9 Å². The first kappa shape index (κ1) is 18.2. The monoisotopic (exact) mass is 527 g/mol. The number of halogens is 5. The molecule has 3 aromatic rings. The van der Waals surface area contributed by atoms with Crippen molar-refractivity contribution in [2.75, 3.05) is 6.61 Å². The van der Waals surface area contributed by atoms with Crippen LogP contribution in [-0.2, 0) is 6.54 Å². The summed E-state index contributed by atoms with van der Waals surface area (Å²) in [7, 11) is 0. The van der Waals surface area contributed by atoms with E-state index in [-0.39, 0.29) is 5.75 Å². The van der Waals surface area contributed by atoms with E-state index in [4.69, 9.17) is 4.74 Å². The standard InChI is InChI=1S/C15H10BrF3IN3O2/c16-9-7-12-13(21-8-9)23(14(20)22-12)5-6-24-10-1-3-11(4-2-10)25-15(17,18)19/h1-4,7-8H,5-6H2. The van der Waals surface area contributed by atoms with Gasteiger partial charge >= 0.3 is 6.36 Å². The van der Waals surface area contributed by atoms with Gasteiger partial charge in [-0.15, -0.1) is 13.2 Å². The average Bonchev–Trinajstić information content (AvgIpc) is 2.82. The molecule has 0 atom stereocenters. The number of alkyl halides is 3. The molecule has 3 rings (SSSR count). The number of hydrogen-bond acceptors (Lipinski definition) is 4. The van der Waals surface area contributed by atoms with Crippen molar-refractivity contribution in [3.05, 3.63) is 44.8 Å². The van der Waals surface area contributed by atoms with Gasteiger partial charge in [0.1, 0.15) is 23.6 Å². The maximum absolute atomic E-state index is 12.1. The molecule has 0 aliphatic carbocycles. The predicted octanol–water partition coefficient (Wildman–Crippen LogP) is 4.78. The first-order valence-corrected chi connectivity index (χ1v) is 8.85. The Labute approximate surface area is 162 Å². The summed E-state index contributed by atoms with van der Waals surface area (Å²) in [5.41, 5.74) is 1.51. The Morgan fingerprint density at radius 2 is 1.84 bits per heavy atom. The van der Waals surface area contributed by atoms with E-state index in [1.807, 2.05) is 10.6 Å². The lowest BCUT2D eigenvalue weighted by atomic mass is 10.3. The van der Waals surface area contributed by atoms with Crippen LogP contribution < -0.4 is 9.47 Å². The normalized spacial score (nSPS) is 11.7. The molecule has 0 N–H and O–H groups in total. The molecule has 1 aromatic carbocycles. The van der Waals surface area contributed by atoms with E-state index in [2.05, 4.69) is 53.2 Å². The van der Waals surface area contributed by atoms with Gasteiger partial charge in [-0.3, -0.25) is 0 Å². The molecule has 0 saturated carbocycles. The molecule has 0 aliphatic rings.